The molecule has 2 rings (SSSR count). The summed E-state index contributed by atoms with van der Waals surface area (Å²) in [6.45, 7) is 0. The number of nitrogens with one attached hydrogen (secondary N) is 1. The normalized spacial score (nSPS) is 10.3. The molecule has 0 aliphatic carbocycles. The number of carboxylic acids is 1. The molecule has 1 heterocycles. The molecule has 0 fully saturated rings. The van der Waals surface area contributed by atoms with Gasteiger partial charge in [0.15, 0.2) is 0 Å². The zero-order valence-electron chi connectivity index (χ0n) is 8.91. The molecule has 2 aromatic rings. The van der Waals surface area contributed by atoms with Crippen molar-refractivity contribution in [1.29, 1.82) is 0 Å². The summed E-state index contributed by atoms with van der Waals surface area (Å²) in [5.74, 6) is -1.20. The van der Waals surface area contributed by atoms with Crippen LogP contribution >= 0.6 is 23.2 Å². The number of aromatic nitrogens is 1. The molecule has 2 N–H and O–H groups in total. The van der Waals surface area contributed by atoms with Crippen molar-refractivity contribution in [1.82, 2.24) is 4.98 Å². The first-order valence-electron chi connectivity index (χ1n) is 4.91. The molecule has 0 aliphatic rings. The van der Waals surface area contributed by atoms with Crippen molar-refractivity contribution < 1.29 is 9.90 Å². The Balaban J connectivity index is 2.83. The van der Waals surface area contributed by atoms with E-state index >= 15 is 0 Å². The Labute approximate surface area is 112 Å². The first kappa shape index (κ1) is 12.7. The van der Waals surface area contributed by atoms with Crippen LogP contribution in [0.3, 0.4) is 0 Å². The van der Waals surface area contributed by atoms with Gasteiger partial charge in [0.25, 0.3) is 5.56 Å². The molecular weight excluding hydrogens is 277 g/mol. The van der Waals surface area contributed by atoms with Gasteiger partial charge in [0.1, 0.15) is 0 Å². The summed E-state index contributed by atoms with van der Waals surface area (Å²) in [4.78, 5) is 25.3. The Hall–Kier alpha value is -1.78. The summed E-state index contributed by atoms with van der Waals surface area (Å²) >= 11 is 11.9. The molecule has 0 atom stereocenters. The van der Waals surface area contributed by atoms with Crippen molar-refractivity contribution in [3.8, 4) is 11.1 Å². The molecule has 6 heteroatoms. The van der Waals surface area contributed by atoms with Gasteiger partial charge in [-0.1, -0.05) is 35.3 Å². The van der Waals surface area contributed by atoms with Gasteiger partial charge in [-0.05, 0) is 12.1 Å². The summed E-state index contributed by atoms with van der Waals surface area (Å²) in [6, 6.07) is 6.01. The molecule has 1 aromatic heterocycles. The zero-order chi connectivity index (χ0) is 13.3. The second-order valence-electron chi connectivity index (χ2n) is 3.50. The van der Waals surface area contributed by atoms with Crippen molar-refractivity contribution in [2.45, 2.75) is 0 Å². The van der Waals surface area contributed by atoms with E-state index in [9.17, 15) is 9.59 Å². The Morgan fingerprint density at radius 2 is 1.94 bits per heavy atom. The third-order valence-electron chi connectivity index (χ3n) is 2.41. The second kappa shape index (κ2) is 4.84. The van der Waals surface area contributed by atoms with Gasteiger partial charge in [-0.3, -0.25) is 4.79 Å². The Morgan fingerprint density at radius 1 is 1.22 bits per heavy atom. The van der Waals surface area contributed by atoms with E-state index in [1.807, 2.05) is 0 Å². The maximum atomic E-state index is 11.8. The van der Waals surface area contributed by atoms with E-state index in [1.54, 1.807) is 18.2 Å². The molecule has 0 aliphatic heterocycles. The predicted molar refractivity (Wildman–Crippen MR) is 69.5 cm³/mol. The third-order valence-corrected chi connectivity index (χ3v) is 3.23. The molecule has 92 valence electrons. The molecule has 0 spiro atoms. The van der Waals surface area contributed by atoms with Gasteiger partial charge in [-0.2, -0.15) is 0 Å². The molecule has 0 saturated heterocycles. The van der Waals surface area contributed by atoms with Gasteiger partial charge in [0.2, 0.25) is 0 Å². The topological polar surface area (TPSA) is 70.2 Å². The van der Waals surface area contributed by atoms with Crippen molar-refractivity contribution in [3.63, 3.8) is 0 Å². The van der Waals surface area contributed by atoms with Crippen LogP contribution in [0.25, 0.3) is 11.1 Å². The zero-order valence-corrected chi connectivity index (χ0v) is 10.4. The number of hydrogen-bond acceptors (Lipinski definition) is 2. The lowest BCUT2D eigenvalue weighted by atomic mass is 10.0. The fourth-order valence-electron chi connectivity index (χ4n) is 1.62. The van der Waals surface area contributed by atoms with Crippen LogP contribution in [-0.2, 0) is 0 Å². The van der Waals surface area contributed by atoms with Crippen LogP contribution in [-0.4, -0.2) is 16.1 Å². The van der Waals surface area contributed by atoms with E-state index in [0.29, 0.717) is 5.56 Å². The van der Waals surface area contributed by atoms with Gasteiger partial charge in [-0.25, -0.2) is 4.79 Å². The fourth-order valence-corrected chi connectivity index (χ4v) is 2.02. The first-order valence-corrected chi connectivity index (χ1v) is 5.67. The van der Waals surface area contributed by atoms with Crippen LogP contribution in [0, 0.1) is 0 Å². The van der Waals surface area contributed by atoms with E-state index in [-0.39, 0.29) is 21.2 Å². The molecule has 0 unspecified atom stereocenters. The second-order valence-corrected chi connectivity index (χ2v) is 4.29. The number of carboxylic acid groups (broad SMARTS) is 1. The average molecular weight is 284 g/mol. The summed E-state index contributed by atoms with van der Waals surface area (Å²) < 4.78 is 0. The number of aromatic amines is 1. The first-order chi connectivity index (χ1) is 8.52. The predicted octanol–water partition coefficient (Wildman–Crippen LogP) is 3.05. The lowest BCUT2D eigenvalue weighted by molar-refractivity contribution is 0.0697. The fraction of sp³-hybridized carbons (Fsp3) is 0. The average Bonchev–Trinajstić information content (AvgIpc) is 2.33. The minimum Gasteiger partial charge on any atom is -0.478 e. The quantitative estimate of drug-likeness (QED) is 0.890. The number of H-pyrrole nitrogens is 1. The highest BCUT2D eigenvalue weighted by atomic mass is 35.5. The number of carbonyl (C=O) groups is 1. The van der Waals surface area contributed by atoms with Crippen molar-refractivity contribution >= 4 is 29.2 Å². The molecule has 4 nitrogen and oxygen atoms in total. The Morgan fingerprint density at radius 3 is 2.61 bits per heavy atom. The van der Waals surface area contributed by atoms with E-state index < -0.39 is 11.5 Å². The van der Waals surface area contributed by atoms with E-state index in [4.69, 9.17) is 28.3 Å². The minimum atomic E-state index is -1.20. The minimum absolute atomic E-state index is 0.00231. The molecule has 0 saturated carbocycles. The summed E-state index contributed by atoms with van der Waals surface area (Å²) in [7, 11) is 0. The van der Waals surface area contributed by atoms with Crippen LogP contribution in [0.4, 0.5) is 0 Å². The summed E-state index contributed by atoms with van der Waals surface area (Å²) in [5.41, 5.74) is -0.358. The number of pyridine rings is 1. The Bertz CT molecular complexity index is 679. The van der Waals surface area contributed by atoms with Crippen LogP contribution in [0.5, 0.6) is 0 Å². The largest absolute Gasteiger partial charge is 0.478 e. The maximum Gasteiger partial charge on any atom is 0.336 e. The van der Waals surface area contributed by atoms with Gasteiger partial charge < -0.3 is 10.1 Å². The summed E-state index contributed by atoms with van der Waals surface area (Å²) in [6.07, 6.45) is 1.27. The number of rotatable bonds is 2. The molecule has 18 heavy (non-hydrogen) atoms. The molecule has 0 amide bonds. The number of halogens is 2. The molecule has 0 bridgehead atoms. The molecule has 0 radical (unpaired) electrons. The van der Waals surface area contributed by atoms with Crippen LogP contribution < -0.4 is 5.56 Å². The monoisotopic (exact) mass is 283 g/mol. The summed E-state index contributed by atoms with van der Waals surface area (Å²) in [5, 5.41) is 9.49. The molecular formula is C12H7Cl2NO3. The smallest absolute Gasteiger partial charge is 0.336 e. The lowest BCUT2D eigenvalue weighted by Crippen LogP contribution is -2.14. The number of benzene rings is 1. The van der Waals surface area contributed by atoms with E-state index in [2.05, 4.69) is 4.98 Å². The third kappa shape index (κ3) is 2.12. The number of aromatic carboxylic acids is 1. The SMILES string of the molecule is O=C(O)c1cc[nH]c(=O)c1-c1cccc(Cl)c1Cl. The van der Waals surface area contributed by atoms with Crippen LogP contribution in [0.1, 0.15) is 10.4 Å². The van der Waals surface area contributed by atoms with Crippen LogP contribution in [0.2, 0.25) is 10.0 Å². The van der Waals surface area contributed by atoms with Gasteiger partial charge in [0, 0.05) is 11.8 Å². The number of hydrogen-bond donors (Lipinski definition) is 2. The van der Waals surface area contributed by atoms with Gasteiger partial charge in [-0.15, -0.1) is 0 Å². The highest BCUT2D eigenvalue weighted by Crippen LogP contribution is 2.33. The van der Waals surface area contributed by atoms with Gasteiger partial charge >= 0.3 is 5.97 Å². The van der Waals surface area contributed by atoms with Gasteiger partial charge in [0.05, 0.1) is 21.2 Å². The standard InChI is InChI=1S/C12H7Cl2NO3/c13-8-3-1-2-6(10(8)14)9-7(12(17)18)4-5-15-11(9)16/h1-5H,(H,15,16)(H,17,18). The highest BCUT2D eigenvalue weighted by molar-refractivity contribution is 6.43. The van der Waals surface area contributed by atoms with Crippen LogP contribution in [0.15, 0.2) is 35.3 Å². The Kier molecular flexibility index (Phi) is 3.41. The lowest BCUT2D eigenvalue weighted by Gasteiger charge is -2.07. The highest BCUT2D eigenvalue weighted by Gasteiger charge is 2.18. The van der Waals surface area contributed by atoms with Crippen molar-refractivity contribution in [3.05, 3.63) is 56.4 Å². The molecule has 1 aromatic carbocycles. The van der Waals surface area contributed by atoms with E-state index in [0.717, 1.165) is 0 Å². The van der Waals surface area contributed by atoms with Crippen molar-refractivity contribution in [2.75, 3.05) is 0 Å². The van der Waals surface area contributed by atoms with E-state index in [1.165, 1.54) is 12.3 Å². The maximum absolute atomic E-state index is 11.8. The van der Waals surface area contributed by atoms with Crippen molar-refractivity contribution in [2.24, 2.45) is 0 Å².